The van der Waals surface area contributed by atoms with E-state index in [0.29, 0.717) is 35.7 Å². The number of rotatable bonds is 12. The zero-order chi connectivity index (χ0) is 28.8. The monoisotopic (exact) mass is 561 g/mol. The van der Waals surface area contributed by atoms with Gasteiger partial charge in [0.25, 0.3) is 15.9 Å². The minimum absolute atomic E-state index is 0. The Bertz CT molecular complexity index is 1440. The van der Waals surface area contributed by atoms with Crippen LogP contribution in [-0.2, 0) is 10.0 Å². The number of pyridine rings is 2. The standard InChI is InChI=1S/C29H36FN3O5S.2H2/c1-7-29(5,6)13-14-37-28-24(27(34)33-39(35,36)26-10-8-9-20(4)31-26)11-12-25(32-28)21-15-22(30)17-23(16-21)38-18-19(2)3;;/h8-12,15-17,19H,7,13-14,18H2,1-6H3,(H,33,34);2*1H. The third-order valence-corrected chi connectivity index (χ3v) is 7.43. The predicted octanol–water partition coefficient (Wildman–Crippen LogP) is 6.44. The van der Waals surface area contributed by atoms with Crippen molar-refractivity contribution >= 4 is 15.9 Å². The Kier molecular flexibility index (Phi) is 9.66. The molecular weight excluding hydrogens is 521 g/mol. The van der Waals surface area contributed by atoms with E-state index >= 15 is 0 Å². The van der Waals surface area contributed by atoms with Crippen LogP contribution in [0, 0.1) is 24.1 Å². The maximum absolute atomic E-state index is 14.4. The van der Waals surface area contributed by atoms with Crippen molar-refractivity contribution in [1.29, 1.82) is 0 Å². The lowest BCUT2D eigenvalue weighted by molar-refractivity contribution is 0.0975. The molecule has 0 atom stereocenters. The van der Waals surface area contributed by atoms with Crippen LogP contribution >= 0.6 is 0 Å². The summed E-state index contributed by atoms with van der Waals surface area (Å²) in [5.41, 5.74) is 1.18. The van der Waals surface area contributed by atoms with E-state index in [0.717, 1.165) is 6.42 Å². The quantitative estimate of drug-likeness (QED) is 0.271. The van der Waals surface area contributed by atoms with Gasteiger partial charge in [0.2, 0.25) is 5.88 Å². The number of aromatic nitrogens is 2. The van der Waals surface area contributed by atoms with Crippen LogP contribution in [0.25, 0.3) is 11.3 Å². The Morgan fingerprint density at radius 1 is 1.10 bits per heavy atom. The van der Waals surface area contributed by atoms with Gasteiger partial charge in [-0.3, -0.25) is 4.79 Å². The van der Waals surface area contributed by atoms with Gasteiger partial charge in [-0.05, 0) is 61.1 Å². The number of halogens is 1. The largest absolute Gasteiger partial charge is 0.493 e. The molecule has 1 aromatic carbocycles. The molecular formula is C29H40FN3O5S. The van der Waals surface area contributed by atoms with E-state index in [9.17, 15) is 17.6 Å². The normalized spacial score (nSPS) is 11.9. The van der Waals surface area contributed by atoms with E-state index in [2.05, 4.69) is 30.7 Å². The van der Waals surface area contributed by atoms with Crippen LogP contribution in [0.5, 0.6) is 11.6 Å². The molecule has 1 amide bonds. The van der Waals surface area contributed by atoms with Gasteiger partial charge in [0, 0.05) is 20.2 Å². The summed E-state index contributed by atoms with van der Waals surface area (Å²) in [6.07, 6.45) is 1.59. The lowest BCUT2D eigenvalue weighted by atomic mass is 9.87. The number of nitrogens with one attached hydrogen (secondary N) is 1. The number of hydrogen-bond acceptors (Lipinski definition) is 7. The highest BCUT2D eigenvalue weighted by molar-refractivity contribution is 7.90. The Labute approximate surface area is 233 Å². The number of carbonyl (C=O) groups excluding carboxylic acids is 1. The van der Waals surface area contributed by atoms with Crippen LogP contribution in [0.1, 0.15) is 66.4 Å². The first-order valence-electron chi connectivity index (χ1n) is 12.9. The van der Waals surface area contributed by atoms with Crippen molar-refractivity contribution in [2.24, 2.45) is 11.3 Å². The van der Waals surface area contributed by atoms with Crippen molar-refractivity contribution in [3.8, 4) is 22.9 Å². The summed E-state index contributed by atoms with van der Waals surface area (Å²) in [5.74, 6) is -0.864. The zero-order valence-electron chi connectivity index (χ0n) is 23.2. The van der Waals surface area contributed by atoms with E-state index in [4.69, 9.17) is 9.47 Å². The van der Waals surface area contributed by atoms with Crippen molar-refractivity contribution in [1.82, 2.24) is 14.7 Å². The number of ether oxygens (including phenoxy) is 2. The maximum Gasteiger partial charge on any atom is 0.281 e. The highest BCUT2D eigenvalue weighted by Gasteiger charge is 2.24. The van der Waals surface area contributed by atoms with E-state index in [-0.39, 0.29) is 37.3 Å². The fraction of sp³-hybridized carbons (Fsp3) is 0.414. The van der Waals surface area contributed by atoms with Crippen LogP contribution in [0.15, 0.2) is 53.6 Å². The molecule has 0 unspecified atom stereocenters. The molecule has 3 aromatic rings. The summed E-state index contributed by atoms with van der Waals surface area (Å²) in [6.45, 7) is 12.6. The summed E-state index contributed by atoms with van der Waals surface area (Å²) in [5, 5.41) is -0.277. The lowest BCUT2D eigenvalue weighted by Crippen LogP contribution is -2.32. The second-order valence-electron chi connectivity index (χ2n) is 10.6. The fourth-order valence-corrected chi connectivity index (χ4v) is 4.42. The van der Waals surface area contributed by atoms with Gasteiger partial charge in [-0.2, -0.15) is 8.42 Å². The summed E-state index contributed by atoms with van der Waals surface area (Å²) in [4.78, 5) is 21.6. The molecule has 3 rings (SSSR count). The van der Waals surface area contributed by atoms with Crippen molar-refractivity contribution in [2.45, 2.75) is 59.4 Å². The molecule has 0 saturated carbocycles. The third kappa shape index (κ3) is 8.48. The number of aryl methyl sites for hydroxylation is 1. The molecule has 1 N–H and O–H groups in total. The van der Waals surface area contributed by atoms with Gasteiger partial charge in [-0.15, -0.1) is 0 Å². The van der Waals surface area contributed by atoms with Crippen molar-refractivity contribution < 1.29 is 29.9 Å². The minimum Gasteiger partial charge on any atom is -0.493 e. The van der Waals surface area contributed by atoms with Gasteiger partial charge in [-0.1, -0.05) is 47.1 Å². The molecule has 0 spiro atoms. The Hall–Kier alpha value is -3.53. The molecule has 0 bridgehead atoms. The molecule has 2 aromatic heterocycles. The summed E-state index contributed by atoms with van der Waals surface area (Å²) in [6, 6.07) is 11.7. The molecule has 0 saturated heterocycles. The van der Waals surface area contributed by atoms with Crippen LogP contribution < -0.4 is 14.2 Å². The summed E-state index contributed by atoms with van der Waals surface area (Å²) < 4.78 is 53.7. The molecule has 0 aliphatic carbocycles. The number of hydrogen-bond donors (Lipinski definition) is 1. The first-order chi connectivity index (χ1) is 18.3. The maximum atomic E-state index is 14.4. The molecule has 214 valence electrons. The smallest absolute Gasteiger partial charge is 0.281 e. The molecule has 8 nitrogen and oxygen atoms in total. The van der Waals surface area contributed by atoms with Gasteiger partial charge in [0.05, 0.1) is 18.9 Å². The Balaban J connectivity index is 0.00000420. The van der Waals surface area contributed by atoms with E-state index in [1.807, 2.05) is 18.6 Å². The molecule has 10 heteroatoms. The van der Waals surface area contributed by atoms with Crippen molar-refractivity contribution in [3.63, 3.8) is 0 Å². The average molecular weight is 562 g/mol. The zero-order valence-corrected chi connectivity index (χ0v) is 24.1. The fourth-order valence-electron chi connectivity index (χ4n) is 3.44. The van der Waals surface area contributed by atoms with E-state index in [1.54, 1.807) is 25.1 Å². The van der Waals surface area contributed by atoms with Gasteiger partial charge < -0.3 is 9.47 Å². The average Bonchev–Trinajstić information content (AvgIpc) is 2.86. The molecule has 0 aliphatic heterocycles. The number of sulfonamides is 1. The van der Waals surface area contributed by atoms with Crippen LogP contribution in [0.4, 0.5) is 4.39 Å². The molecule has 0 fully saturated rings. The first-order valence-corrected chi connectivity index (χ1v) is 14.4. The Morgan fingerprint density at radius 2 is 1.85 bits per heavy atom. The second-order valence-corrected chi connectivity index (χ2v) is 12.2. The predicted molar refractivity (Wildman–Crippen MR) is 152 cm³/mol. The number of benzene rings is 1. The SMILES string of the molecule is CCC(C)(C)CCOc1nc(-c2cc(F)cc(OCC(C)C)c2)ccc1C(=O)NS(=O)(=O)c1cccc(C)n1.[HH].[HH]. The van der Waals surface area contributed by atoms with Crippen LogP contribution in [0.3, 0.4) is 0 Å². The molecule has 2 heterocycles. The highest BCUT2D eigenvalue weighted by Crippen LogP contribution is 2.29. The van der Waals surface area contributed by atoms with Gasteiger partial charge in [0.1, 0.15) is 17.1 Å². The van der Waals surface area contributed by atoms with Gasteiger partial charge in [-0.25, -0.2) is 19.1 Å². The molecule has 0 radical (unpaired) electrons. The topological polar surface area (TPSA) is 107 Å². The second kappa shape index (κ2) is 12.5. The first kappa shape index (κ1) is 30.0. The third-order valence-electron chi connectivity index (χ3n) is 6.20. The van der Waals surface area contributed by atoms with Crippen molar-refractivity contribution in [3.05, 3.63) is 65.6 Å². The van der Waals surface area contributed by atoms with Crippen molar-refractivity contribution in [2.75, 3.05) is 13.2 Å². The summed E-state index contributed by atoms with van der Waals surface area (Å²) in [7, 11) is -4.24. The minimum atomic E-state index is -4.24. The number of amides is 1. The highest BCUT2D eigenvalue weighted by atomic mass is 32.2. The lowest BCUT2D eigenvalue weighted by Gasteiger charge is -2.22. The van der Waals surface area contributed by atoms with Crippen LogP contribution in [0.2, 0.25) is 0 Å². The van der Waals surface area contributed by atoms with Gasteiger partial charge >= 0.3 is 0 Å². The van der Waals surface area contributed by atoms with E-state index < -0.39 is 21.7 Å². The van der Waals surface area contributed by atoms with Gasteiger partial charge in [0.15, 0.2) is 5.03 Å². The molecule has 39 heavy (non-hydrogen) atoms. The van der Waals surface area contributed by atoms with Crippen LogP contribution in [-0.4, -0.2) is 37.5 Å². The number of nitrogens with zero attached hydrogens (tertiary/aromatic N) is 2. The molecule has 0 aliphatic rings. The van der Waals surface area contributed by atoms with E-state index in [1.165, 1.54) is 30.3 Å². The number of carbonyl (C=O) groups is 1. The Morgan fingerprint density at radius 3 is 2.51 bits per heavy atom. The summed E-state index contributed by atoms with van der Waals surface area (Å²) >= 11 is 0.